The third-order valence-electron chi connectivity index (χ3n) is 7.79. The van der Waals surface area contributed by atoms with Gasteiger partial charge in [-0.3, -0.25) is 9.59 Å². The summed E-state index contributed by atoms with van der Waals surface area (Å²) >= 11 is 2.84. The molecule has 0 atom stereocenters. The Balaban J connectivity index is 1.51. The largest absolute Gasteiger partial charge is 0.319 e. The molecule has 38 heavy (non-hydrogen) atoms. The third kappa shape index (κ3) is 5.51. The van der Waals surface area contributed by atoms with Crippen LogP contribution in [0, 0.1) is 23.2 Å². The number of Topliss-reactive ketones (excluding diaryl/α,β-unsaturated/α-hetero) is 1. The number of hydrogen-bond donors (Lipinski definition) is 1. The molecule has 1 aliphatic heterocycles. The van der Waals surface area contributed by atoms with Crippen LogP contribution in [-0.4, -0.2) is 41.7 Å². The molecule has 1 fully saturated rings. The van der Waals surface area contributed by atoms with Crippen LogP contribution < -0.4 is 5.32 Å². The summed E-state index contributed by atoms with van der Waals surface area (Å²) in [6.45, 7) is 5.94. The van der Waals surface area contributed by atoms with Gasteiger partial charge in [0, 0.05) is 23.3 Å². The molecule has 1 amide bonds. The van der Waals surface area contributed by atoms with Gasteiger partial charge in [-0.15, -0.1) is 22.7 Å². The fourth-order valence-electron chi connectivity index (χ4n) is 5.65. The molecule has 6 nitrogen and oxygen atoms in total. The Labute approximate surface area is 232 Å². The van der Waals surface area contributed by atoms with Crippen LogP contribution in [0.1, 0.15) is 77.2 Å². The van der Waals surface area contributed by atoms with Gasteiger partial charge < -0.3 is 10.2 Å². The quantitative estimate of drug-likeness (QED) is 0.334. The molecule has 1 aliphatic carbocycles. The van der Waals surface area contributed by atoms with Gasteiger partial charge >= 0.3 is 0 Å². The summed E-state index contributed by atoms with van der Waals surface area (Å²) < 4.78 is 0. The number of anilines is 1. The first kappa shape index (κ1) is 26.5. The molecule has 1 saturated carbocycles. The summed E-state index contributed by atoms with van der Waals surface area (Å²) in [5.74, 6) is 1.11. The maximum atomic E-state index is 12.8. The van der Waals surface area contributed by atoms with E-state index in [1.54, 1.807) is 29.9 Å². The molecule has 196 valence electrons. The minimum absolute atomic E-state index is 0.0759. The minimum atomic E-state index is -0.341. The van der Waals surface area contributed by atoms with Crippen LogP contribution in [0.5, 0.6) is 0 Å². The SMILES string of the molecule is CC(=O)c1sc(-c2ccc(NC(=O)c3cscn3)c(C#N)c2)cc1C1=C(C2CCC(C)CC2)CN(C)CC1. The number of nitriles is 1. The number of nitrogens with zero attached hydrogens (tertiary/aromatic N) is 3. The zero-order valence-corrected chi connectivity index (χ0v) is 23.7. The van der Waals surface area contributed by atoms with Crippen LogP contribution in [0.25, 0.3) is 16.0 Å². The Hall–Kier alpha value is -3.12. The van der Waals surface area contributed by atoms with Crippen molar-refractivity contribution in [2.45, 2.75) is 46.0 Å². The molecule has 1 N–H and O–H groups in total. The van der Waals surface area contributed by atoms with E-state index in [0.717, 1.165) is 46.3 Å². The van der Waals surface area contributed by atoms with Crippen molar-refractivity contribution in [3.05, 3.63) is 62.4 Å². The smallest absolute Gasteiger partial charge is 0.275 e. The molecule has 0 radical (unpaired) electrons. The fourth-order valence-corrected chi connectivity index (χ4v) is 7.26. The van der Waals surface area contributed by atoms with E-state index in [1.165, 1.54) is 59.5 Å². The van der Waals surface area contributed by atoms with E-state index in [1.807, 2.05) is 6.07 Å². The first-order chi connectivity index (χ1) is 18.3. The number of thiophene rings is 1. The number of carbonyl (C=O) groups is 2. The second-order valence-electron chi connectivity index (χ2n) is 10.6. The standard InChI is InChI=1S/C30H32N4O2S2/c1-18-4-6-20(7-5-18)25-15-34(3)11-10-23(25)24-13-28(38-29(24)19(2)35)21-8-9-26(22(12-21)14-31)33-30(36)27-16-37-17-32-27/h8-9,12-13,16-18,20H,4-7,10-11,15H2,1-3H3,(H,33,36). The Kier molecular flexibility index (Phi) is 7.89. The maximum absolute atomic E-state index is 12.8. The van der Waals surface area contributed by atoms with Crippen LogP contribution in [-0.2, 0) is 0 Å². The number of ketones is 1. The van der Waals surface area contributed by atoms with E-state index >= 15 is 0 Å². The van der Waals surface area contributed by atoms with Gasteiger partial charge in [-0.1, -0.05) is 25.8 Å². The van der Waals surface area contributed by atoms with Crippen molar-refractivity contribution in [2.24, 2.45) is 11.8 Å². The van der Waals surface area contributed by atoms with Crippen molar-refractivity contribution in [1.29, 1.82) is 5.26 Å². The number of likely N-dealkylation sites (N-methyl/N-ethyl adjacent to an activating group) is 1. The lowest BCUT2D eigenvalue weighted by Gasteiger charge is -2.35. The second-order valence-corrected chi connectivity index (χ2v) is 12.3. The highest BCUT2D eigenvalue weighted by Gasteiger charge is 2.30. The van der Waals surface area contributed by atoms with Gasteiger partial charge in [0.2, 0.25) is 0 Å². The molecule has 8 heteroatoms. The number of rotatable bonds is 6. The summed E-state index contributed by atoms with van der Waals surface area (Å²) in [6, 6.07) is 9.82. The number of thiazole rings is 1. The highest BCUT2D eigenvalue weighted by molar-refractivity contribution is 7.17. The number of aromatic nitrogens is 1. The molecule has 1 aromatic carbocycles. The normalized spacial score (nSPS) is 20.3. The second kappa shape index (κ2) is 11.3. The van der Waals surface area contributed by atoms with E-state index in [2.05, 4.69) is 41.3 Å². The highest BCUT2D eigenvalue weighted by atomic mass is 32.1. The molecule has 0 bridgehead atoms. The summed E-state index contributed by atoms with van der Waals surface area (Å²) in [4.78, 5) is 33.5. The molecule has 3 aromatic rings. The van der Waals surface area contributed by atoms with Crippen LogP contribution >= 0.6 is 22.7 Å². The van der Waals surface area contributed by atoms with Gasteiger partial charge in [-0.25, -0.2) is 4.98 Å². The predicted molar refractivity (Wildman–Crippen MR) is 155 cm³/mol. The van der Waals surface area contributed by atoms with Crippen LogP contribution in [0.2, 0.25) is 0 Å². The van der Waals surface area contributed by atoms with Crippen molar-refractivity contribution in [3.63, 3.8) is 0 Å². The maximum Gasteiger partial charge on any atom is 0.275 e. The van der Waals surface area contributed by atoms with Gasteiger partial charge in [-0.2, -0.15) is 5.26 Å². The van der Waals surface area contributed by atoms with E-state index in [-0.39, 0.29) is 11.7 Å². The number of nitrogens with one attached hydrogen (secondary N) is 1. The van der Waals surface area contributed by atoms with E-state index in [4.69, 9.17) is 0 Å². The fraction of sp³-hybridized carbons (Fsp3) is 0.400. The zero-order chi connectivity index (χ0) is 26.8. The Morgan fingerprint density at radius 3 is 2.66 bits per heavy atom. The number of carbonyl (C=O) groups excluding carboxylic acids is 2. The Bertz CT molecular complexity index is 1420. The first-order valence-corrected chi connectivity index (χ1v) is 14.9. The van der Waals surface area contributed by atoms with Gasteiger partial charge in [0.1, 0.15) is 11.8 Å². The van der Waals surface area contributed by atoms with Crippen molar-refractivity contribution in [3.8, 4) is 16.5 Å². The molecule has 0 saturated heterocycles. The van der Waals surface area contributed by atoms with Crippen LogP contribution in [0.3, 0.4) is 0 Å². The molecule has 2 aliphatic rings. The van der Waals surface area contributed by atoms with Gasteiger partial charge in [0.25, 0.3) is 5.91 Å². The molecule has 3 heterocycles. The average Bonchev–Trinajstić information content (AvgIpc) is 3.60. The number of benzene rings is 1. The van der Waals surface area contributed by atoms with Crippen molar-refractivity contribution in [2.75, 3.05) is 25.5 Å². The van der Waals surface area contributed by atoms with Crippen molar-refractivity contribution < 1.29 is 9.59 Å². The monoisotopic (exact) mass is 544 g/mol. The predicted octanol–water partition coefficient (Wildman–Crippen LogP) is 7.11. The summed E-state index contributed by atoms with van der Waals surface area (Å²) in [7, 11) is 2.19. The van der Waals surface area contributed by atoms with Crippen molar-refractivity contribution >= 4 is 45.6 Å². The Morgan fingerprint density at radius 1 is 1.18 bits per heavy atom. The zero-order valence-electron chi connectivity index (χ0n) is 22.0. The lowest BCUT2D eigenvalue weighted by molar-refractivity contribution is 0.101. The van der Waals surface area contributed by atoms with E-state index in [9.17, 15) is 14.9 Å². The highest BCUT2D eigenvalue weighted by Crippen LogP contribution is 2.43. The van der Waals surface area contributed by atoms with Gasteiger partial charge in [-0.05, 0) is 85.5 Å². The van der Waals surface area contributed by atoms with Crippen LogP contribution in [0.15, 0.2) is 40.7 Å². The number of hydrogen-bond acceptors (Lipinski definition) is 7. The molecule has 0 spiro atoms. The lowest BCUT2D eigenvalue weighted by atomic mass is 9.75. The van der Waals surface area contributed by atoms with Gasteiger partial charge in [0.15, 0.2) is 5.78 Å². The van der Waals surface area contributed by atoms with E-state index < -0.39 is 0 Å². The van der Waals surface area contributed by atoms with Crippen molar-refractivity contribution in [1.82, 2.24) is 9.88 Å². The Morgan fingerprint density at radius 2 is 1.97 bits per heavy atom. The summed E-state index contributed by atoms with van der Waals surface area (Å²) in [5, 5.41) is 14.3. The molecular formula is C30H32N4O2S2. The van der Waals surface area contributed by atoms with Crippen LogP contribution in [0.4, 0.5) is 5.69 Å². The summed E-state index contributed by atoms with van der Waals surface area (Å²) in [6.07, 6.45) is 5.92. The van der Waals surface area contributed by atoms with Gasteiger partial charge in [0.05, 0.1) is 21.6 Å². The van der Waals surface area contributed by atoms with E-state index in [0.29, 0.717) is 22.9 Å². The molecule has 0 unspecified atom stereocenters. The minimum Gasteiger partial charge on any atom is -0.319 e. The number of amides is 1. The average molecular weight is 545 g/mol. The first-order valence-electron chi connectivity index (χ1n) is 13.1. The lowest BCUT2D eigenvalue weighted by Crippen LogP contribution is -2.31. The molecular weight excluding hydrogens is 512 g/mol. The third-order valence-corrected chi connectivity index (χ3v) is 9.67. The topological polar surface area (TPSA) is 86.1 Å². The summed E-state index contributed by atoms with van der Waals surface area (Å²) in [5.41, 5.74) is 7.55. The molecule has 2 aromatic heterocycles. The molecule has 5 rings (SSSR count).